The summed E-state index contributed by atoms with van der Waals surface area (Å²) < 4.78 is 12.8. The van der Waals surface area contributed by atoms with Crippen molar-refractivity contribution in [2.45, 2.75) is 18.2 Å². The Bertz CT molecular complexity index is 735. The van der Waals surface area contributed by atoms with E-state index in [9.17, 15) is 19.3 Å². The van der Waals surface area contributed by atoms with Gasteiger partial charge in [0.2, 0.25) is 0 Å². The molecule has 0 heterocycles. The number of nitro benzene ring substituents is 1. The molecule has 0 unspecified atom stereocenters. The van der Waals surface area contributed by atoms with Gasteiger partial charge in [-0.15, -0.1) is 11.8 Å². The number of halogens is 1. The van der Waals surface area contributed by atoms with Gasteiger partial charge in [0.1, 0.15) is 5.82 Å². The Kier molecular flexibility index (Phi) is 6.31. The van der Waals surface area contributed by atoms with Gasteiger partial charge in [-0.2, -0.15) is 0 Å². The highest BCUT2D eigenvalue weighted by molar-refractivity contribution is 7.99. The van der Waals surface area contributed by atoms with Crippen LogP contribution in [0, 0.1) is 22.9 Å². The first kappa shape index (κ1) is 17.9. The van der Waals surface area contributed by atoms with Crippen molar-refractivity contribution in [3.8, 4) is 0 Å². The van der Waals surface area contributed by atoms with E-state index in [1.165, 1.54) is 18.2 Å². The van der Waals surface area contributed by atoms with Crippen molar-refractivity contribution < 1.29 is 14.1 Å². The topological polar surface area (TPSA) is 72.2 Å². The Morgan fingerprint density at radius 3 is 2.62 bits per heavy atom. The second kappa shape index (κ2) is 8.44. The molecule has 0 atom stereocenters. The van der Waals surface area contributed by atoms with Crippen LogP contribution in [0.15, 0.2) is 47.4 Å². The second-order valence-corrected chi connectivity index (χ2v) is 6.34. The molecule has 0 aromatic heterocycles. The second-order valence-electron chi connectivity index (χ2n) is 5.17. The lowest BCUT2D eigenvalue weighted by molar-refractivity contribution is -0.385. The summed E-state index contributed by atoms with van der Waals surface area (Å²) in [5, 5.41) is 13.6. The van der Waals surface area contributed by atoms with E-state index >= 15 is 0 Å². The van der Waals surface area contributed by atoms with Crippen LogP contribution in [0.25, 0.3) is 0 Å². The van der Waals surface area contributed by atoms with Gasteiger partial charge in [0.05, 0.1) is 4.92 Å². The van der Waals surface area contributed by atoms with Crippen LogP contribution in [0.2, 0.25) is 0 Å². The molecule has 7 heteroatoms. The van der Waals surface area contributed by atoms with Crippen molar-refractivity contribution in [3.63, 3.8) is 0 Å². The Balaban J connectivity index is 1.78. The van der Waals surface area contributed by atoms with Gasteiger partial charge in [0.25, 0.3) is 11.6 Å². The SMILES string of the molecule is Cc1ccc(C(=O)NCCCSc2ccc(F)cc2)cc1[N+](=O)[O-]. The average Bonchev–Trinajstić information content (AvgIpc) is 2.56. The minimum atomic E-state index is -0.495. The fraction of sp³-hybridized carbons (Fsp3) is 0.235. The Morgan fingerprint density at radius 1 is 1.25 bits per heavy atom. The molecule has 126 valence electrons. The average molecular weight is 348 g/mol. The first-order chi connectivity index (χ1) is 11.5. The lowest BCUT2D eigenvalue weighted by Crippen LogP contribution is -2.24. The fourth-order valence-corrected chi connectivity index (χ4v) is 2.90. The van der Waals surface area contributed by atoms with Crippen molar-refractivity contribution in [2.24, 2.45) is 0 Å². The summed E-state index contributed by atoms with van der Waals surface area (Å²) >= 11 is 1.58. The van der Waals surface area contributed by atoms with E-state index in [1.54, 1.807) is 43.0 Å². The van der Waals surface area contributed by atoms with Crippen LogP contribution in [0.5, 0.6) is 0 Å². The monoisotopic (exact) mass is 348 g/mol. The zero-order valence-corrected chi connectivity index (χ0v) is 13.9. The van der Waals surface area contributed by atoms with Crippen molar-refractivity contribution in [1.29, 1.82) is 0 Å². The molecule has 0 aliphatic rings. The van der Waals surface area contributed by atoms with Gasteiger partial charge in [-0.3, -0.25) is 14.9 Å². The lowest BCUT2D eigenvalue weighted by Gasteiger charge is -2.06. The van der Waals surface area contributed by atoms with Gasteiger partial charge in [0.15, 0.2) is 0 Å². The maximum Gasteiger partial charge on any atom is 0.273 e. The Hall–Kier alpha value is -2.41. The molecule has 1 amide bonds. The molecule has 0 bridgehead atoms. The maximum atomic E-state index is 12.8. The zero-order chi connectivity index (χ0) is 17.5. The van der Waals surface area contributed by atoms with Gasteiger partial charge in [-0.25, -0.2) is 4.39 Å². The molecule has 0 aliphatic heterocycles. The number of nitrogens with zero attached hydrogens (tertiary/aromatic N) is 1. The van der Waals surface area contributed by atoms with Crippen LogP contribution in [0.1, 0.15) is 22.3 Å². The fourth-order valence-electron chi connectivity index (χ4n) is 2.04. The largest absolute Gasteiger partial charge is 0.352 e. The first-order valence-electron chi connectivity index (χ1n) is 7.39. The van der Waals surface area contributed by atoms with Crippen LogP contribution in [0.3, 0.4) is 0 Å². The van der Waals surface area contributed by atoms with Gasteiger partial charge in [-0.1, -0.05) is 6.07 Å². The summed E-state index contributed by atoms with van der Waals surface area (Å²) in [6.07, 6.45) is 0.738. The van der Waals surface area contributed by atoms with Gasteiger partial charge >= 0.3 is 0 Å². The molecule has 0 fully saturated rings. The standard InChI is InChI=1S/C17H17FN2O3S/c1-12-3-4-13(11-16(12)20(22)23)17(21)19-9-2-10-24-15-7-5-14(18)6-8-15/h3-8,11H,2,9-10H2,1H3,(H,19,21). The Labute approximate surface area is 143 Å². The van der Waals surface area contributed by atoms with Crippen molar-refractivity contribution in [3.05, 3.63) is 69.5 Å². The molecule has 2 aromatic rings. The molecular formula is C17H17FN2O3S. The predicted molar refractivity (Wildman–Crippen MR) is 91.9 cm³/mol. The number of rotatable bonds is 7. The third-order valence-electron chi connectivity index (χ3n) is 3.36. The quantitative estimate of drug-likeness (QED) is 0.356. The number of benzene rings is 2. The van der Waals surface area contributed by atoms with Crippen LogP contribution in [0.4, 0.5) is 10.1 Å². The normalized spacial score (nSPS) is 10.4. The number of nitro groups is 1. The number of carbonyl (C=O) groups is 1. The van der Waals surface area contributed by atoms with E-state index in [-0.39, 0.29) is 23.0 Å². The summed E-state index contributed by atoms with van der Waals surface area (Å²) in [5.41, 5.74) is 0.736. The summed E-state index contributed by atoms with van der Waals surface area (Å²) in [6, 6.07) is 10.7. The van der Waals surface area contributed by atoms with Gasteiger partial charge in [0, 0.05) is 28.6 Å². The van der Waals surface area contributed by atoms with Crippen LogP contribution in [-0.2, 0) is 0 Å². The molecule has 0 spiro atoms. The molecule has 0 saturated carbocycles. The number of hydrogen-bond acceptors (Lipinski definition) is 4. The van der Waals surface area contributed by atoms with Crippen LogP contribution < -0.4 is 5.32 Å². The van der Waals surface area contributed by atoms with E-state index in [1.807, 2.05) is 0 Å². The summed E-state index contributed by atoms with van der Waals surface area (Å²) in [6.45, 7) is 2.10. The summed E-state index contributed by atoms with van der Waals surface area (Å²) in [4.78, 5) is 23.4. The lowest BCUT2D eigenvalue weighted by atomic mass is 10.1. The third kappa shape index (κ3) is 5.06. The number of nitrogens with one attached hydrogen (secondary N) is 1. The minimum absolute atomic E-state index is 0.0606. The molecule has 5 nitrogen and oxygen atoms in total. The summed E-state index contributed by atoms with van der Waals surface area (Å²) in [7, 11) is 0. The molecule has 2 aromatic carbocycles. The highest BCUT2D eigenvalue weighted by Gasteiger charge is 2.14. The van der Waals surface area contributed by atoms with E-state index < -0.39 is 4.92 Å². The van der Waals surface area contributed by atoms with Crippen molar-refractivity contribution in [2.75, 3.05) is 12.3 Å². The summed E-state index contributed by atoms with van der Waals surface area (Å²) in [5.74, 6) is 0.184. The van der Waals surface area contributed by atoms with Crippen molar-refractivity contribution >= 4 is 23.4 Å². The highest BCUT2D eigenvalue weighted by Crippen LogP contribution is 2.20. The number of aryl methyl sites for hydroxylation is 1. The molecule has 1 N–H and O–H groups in total. The van der Waals surface area contributed by atoms with Gasteiger partial charge in [-0.05, 0) is 49.4 Å². The van der Waals surface area contributed by atoms with Crippen LogP contribution >= 0.6 is 11.8 Å². The van der Waals surface area contributed by atoms with E-state index in [4.69, 9.17) is 0 Å². The molecule has 2 rings (SSSR count). The van der Waals surface area contributed by atoms with E-state index in [0.717, 1.165) is 17.1 Å². The Morgan fingerprint density at radius 2 is 1.96 bits per heavy atom. The number of amides is 1. The molecular weight excluding hydrogens is 331 g/mol. The molecule has 0 radical (unpaired) electrons. The number of hydrogen-bond donors (Lipinski definition) is 1. The van der Waals surface area contributed by atoms with E-state index in [0.29, 0.717) is 12.1 Å². The minimum Gasteiger partial charge on any atom is -0.352 e. The smallest absolute Gasteiger partial charge is 0.273 e. The number of carbonyl (C=O) groups excluding carboxylic acids is 1. The molecule has 0 saturated heterocycles. The predicted octanol–water partition coefficient (Wildman–Crippen LogP) is 3.95. The van der Waals surface area contributed by atoms with Gasteiger partial charge < -0.3 is 5.32 Å². The molecule has 24 heavy (non-hydrogen) atoms. The van der Waals surface area contributed by atoms with E-state index in [2.05, 4.69) is 5.32 Å². The van der Waals surface area contributed by atoms with Crippen molar-refractivity contribution in [1.82, 2.24) is 5.32 Å². The van der Waals surface area contributed by atoms with Crippen LogP contribution in [-0.4, -0.2) is 23.1 Å². The first-order valence-corrected chi connectivity index (χ1v) is 8.37. The third-order valence-corrected chi connectivity index (χ3v) is 4.46. The molecule has 0 aliphatic carbocycles. The highest BCUT2D eigenvalue weighted by atomic mass is 32.2. The zero-order valence-electron chi connectivity index (χ0n) is 13.1. The maximum absolute atomic E-state index is 12.8. The number of thioether (sulfide) groups is 1.